The molecule has 1 heterocycles. The molecule has 0 radical (unpaired) electrons. The molecule has 6 nitrogen and oxygen atoms in total. The number of nitrogens with two attached hydrogens (primary N) is 1. The van der Waals surface area contributed by atoms with Gasteiger partial charge in [0.25, 0.3) is 0 Å². The Morgan fingerprint density at radius 1 is 1.14 bits per heavy atom. The number of methoxy groups -OCH3 is 3. The van der Waals surface area contributed by atoms with Crippen LogP contribution in [0.4, 0.5) is 0 Å². The standard InChI is InChI=1S/C15H18N2O4/c1-9(7-16)11-8-17-21-14(11)10-5-12(18-2)15(20-4)13(6-10)19-3/h5-8H,16H2,1-4H3/b9-7+. The summed E-state index contributed by atoms with van der Waals surface area (Å²) in [5.74, 6) is 2.21. The van der Waals surface area contributed by atoms with Gasteiger partial charge >= 0.3 is 0 Å². The van der Waals surface area contributed by atoms with Crippen molar-refractivity contribution in [2.45, 2.75) is 6.92 Å². The highest BCUT2D eigenvalue weighted by Crippen LogP contribution is 2.42. The van der Waals surface area contributed by atoms with Gasteiger partial charge in [-0.25, -0.2) is 0 Å². The lowest BCUT2D eigenvalue weighted by atomic mass is 10.0. The zero-order chi connectivity index (χ0) is 15.4. The van der Waals surface area contributed by atoms with Crippen LogP contribution in [0.1, 0.15) is 12.5 Å². The number of rotatable bonds is 5. The third kappa shape index (κ3) is 2.65. The molecular weight excluding hydrogens is 272 g/mol. The Morgan fingerprint density at radius 3 is 2.24 bits per heavy atom. The zero-order valence-corrected chi connectivity index (χ0v) is 12.5. The van der Waals surface area contributed by atoms with E-state index in [2.05, 4.69) is 5.16 Å². The van der Waals surface area contributed by atoms with E-state index in [1.54, 1.807) is 39.7 Å². The normalized spacial score (nSPS) is 11.3. The largest absolute Gasteiger partial charge is 0.493 e. The number of allylic oxidation sites excluding steroid dienone is 1. The van der Waals surface area contributed by atoms with E-state index >= 15 is 0 Å². The van der Waals surface area contributed by atoms with Gasteiger partial charge in [-0.15, -0.1) is 0 Å². The fraction of sp³-hybridized carbons (Fsp3) is 0.267. The van der Waals surface area contributed by atoms with Crippen LogP contribution < -0.4 is 19.9 Å². The summed E-state index contributed by atoms with van der Waals surface area (Å²) in [7, 11) is 4.68. The van der Waals surface area contributed by atoms with E-state index in [-0.39, 0.29) is 0 Å². The molecule has 112 valence electrons. The maximum absolute atomic E-state index is 5.57. The van der Waals surface area contributed by atoms with Crippen LogP contribution >= 0.6 is 0 Å². The molecule has 0 aliphatic carbocycles. The van der Waals surface area contributed by atoms with Crippen LogP contribution in [0, 0.1) is 0 Å². The third-order valence-corrected chi connectivity index (χ3v) is 3.17. The number of nitrogens with zero attached hydrogens (tertiary/aromatic N) is 1. The zero-order valence-electron chi connectivity index (χ0n) is 12.5. The highest BCUT2D eigenvalue weighted by Gasteiger charge is 2.18. The minimum Gasteiger partial charge on any atom is -0.493 e. The first kappa shape index (κ1) is 14.8. The molecule has 21 heavy (non-hydrogen) atoms. The first-order valence-corrected chi connectivity index (χ1v) is 6.30. The van der Waals surface area contributed by atoms with Gasteiger partial charge in [-0.3, -0.25) is 0 Å². The Morgan fingerprint density at radius 2 is 1.76 bits per heavy atom. The molecule has 0 aliphatic rings. The number of benzene rings is 1. The van der Waals surface area contributed by atoms with Gasteiger partial charge in [0.05, 0.1) is 27.5 Å². The summed E-state index contributed by atoms with van der Waals surface area (Å²) < 4.78 is 21.3. The lowest BCUT2D eigenvalue weighted by Gasteiger charge is -2.13. The fourth-order valence-electron chi connectivity index (χ4n) is 2.03. The third-order valence-electron chi connectivity index (χ3n) is 3.17. The van der Waals surface area contributed by atoms with Crippen LogP contribution in [0.5, 0.6) is 17.2 Å². The second kappa shape index (κ2) is 6.21. The van der Waals surface area contributed by atoms with Crippen LogP contribution in [0.2, 0.25) is 0 Å². The van der Waals surface area contributed by atoms with Crippen LogP contribution in [0.15, 0.2) is 29.1 Å². The summed E-state index contributed by atoms with van der Waals surface area (Å²) in [6.07, 6.45) is 3.13. The van der Waals surface area contributed by atoms with E-state index in [0.29, 0.717) is 23.0 Å². The van der Waals surface area contributed by atoms with E-state index in [4.69, 9.17) is 24.5 Å². The molecule has 0 atom stereocenters. The maximum Gasteiger partial charge on any atom is 0.203 e. The van der Waals surface area contributed by atoms with Gasteiger partial charge in [-0.2, -0.15) is 0 Å². The quantitative estimate of drug-likeness (QED) is 0.912. The Hall–Kier alpha value is -2.63. The van der Waals surface area contributed by atoms with Crippen LogP contribution in [-0.2, 0) is 0 Å². The van der Waals surface area contributed by atoms with Crippen molar-refractivity contribution in [3.8, 4) is 28.6 Å². The van der Waals surface area contributed by atoms with Gasteiger partial charge in [-0.1, -0.05) is 5.16 Å². The molecule has 0 spiro atoms. The van der Waals surface area contributed by atoms with Gasteiger partial charge in [0.15, 0.2) is 17.3 Å². The van der Waals surface area contributed by atoms with E-state index in [1.807, 2.05) is 6.92 Å². The van der Waals surface area contributed by atoms with Crippen molar-refractivity contribution in [3.05, 3.63) is 30.1 Å². The smallest absolute Gasteiger partial charge is 0.203 e. The molecule has 2 aromatic rings. The van der Waals surface area contributed by atoms with E-state index < -0.39 is 0 Å². The molecule has 0 amide bonds. The summed E-state index contributed by atoms with van der Waals surface area (Å²) in [5.41, 5.74) is 8.00. The van der Waals surface area contributed by atoms with Crippen molar-refractivity contribution in [1.29, 1.82) is 0 Å². The SMILES string of the molecule is COc1cc(-c2oncc2/C(C)=C/N)cc(OC)c1OC. The van der Waals surface area contributed by atoms with Crippen LogP contribution in [0.3, 0.4) is 0 Å². The predicted octanol–water partition coefficient (Wildman–Crippen LogP) is 2.69. The predicted molar refractivity (Wildman–Crippen MR) is 79.4 cm³/mol. The molecule has 0 unspecified atom stereocenters. The number of aromatic nitrogens is 1. The maximum atomic E-state index is 5.57. The van der Waals surface area contributed by atoms with Crippen LogP contribution in [-0.4, -0.2) is 26.5 Å². The van der Waals surface area contributed by atoms with E-state index in [1.165, 1.54) is 6.20 Å². The highest BCUT2D eigenvalue weighted by molar-refractivity contribution is 5.78. The van der Waals surface area contributed by atoms with Gasteiger partial charge in [-0.05, 0) is 30.8 Å². The highest BCUT2D eigenvalue weighted by atomic mass is 16.5. The summed E-state index contributed by atoms with van der Waals surface area (Å²) in [5, 5.41) is 3.84. The Balaban J connectivity index is 2.63. The van der Waals surface area contributed by atoms with E-state index in [0.717, 1.165) is 16.7 Å². The van der Waals surface area contributed by atoms with Gasteiger partial charge in [0, 0.05) is 11.1 Å². The van der Waals surface area contributed by atoms with Gasteiger partial charge in [0.2, 0.25) is 5.75 Å². The van der Waals surface area contributed by atoms with Crippen molar-refractivity contribution in [3.63, 3.8) is 0 Å². The van der Waals surface area contributed by atoms with Crippen molar-refractivity contribution in [2.24, 2.45) is 5.73 Å². The topological polar surface area (TPSA) is 79.7 Å². The second-order valence-electron chi connectivity index (χ2n) is 4.33. The molecule has 0 aliphatic heterocycles. The van der Waals surface area contributed by atoms with Gasteiger partial charge < -0.3 is 24.5 Å². The van der Waals surface area contributed by atoms with Crippen molar-refractivity contribution in [2.75, 3.05) is 21.3 Å². The first-order valence-electron chi connectivity index (χ1n) is 6.30. The molecule has 0 saturated heterocycles. The minimum absolute atomic E-state index is 0.524. The molecule has 6 heteroatoms. The number of ether oxygens (including phenoxy) is 3. The Labute approximate surface area is 123 Å². The van der Waals surface area contributed by atoms with Crippen molar-refractivity contribution >= 4 is 5.57 Å². The minimum atomic E-state index is 0.524. The van der Waals surface area contributed by atoms with Crippen LogP contribution in [0.25, 0.3) is 16.9 Å². The molecule has 0 bridgehead atoms. The molecule has 1 aromatic carbocycles. The van der Waals surface area contributed by atoms with Crippen molar-refractivity contribution < 1.29 is 18.7 Å². The van der Waals surface area contributed by atoms with Crippen molar-refractivity contribution in [1.82, 2.24) is 5.16 Å². The molecule has 2 rings (SSSR count). The molecular formula is C15H18N2O4. The average molecular weight is 290 g/mol. The molecule has 0 saturated carbocycles. The number of hydrogen-bond donors (Lipinski definition) is 1. The summed E-state index contributed by atoms with van der Waals surface area (Å²) in [6.45, 7) is 1.88. The summed E-state index contributed by atoms with van der Waals surface area (Å²) in [4.78, 5) is 0. The molecule has 1 aromatic heterocycles. The lowest BCUT2D eigenvalue weighted by molar-refractivity contribution is 0.324. The molecule has 2 N–H and O–H groups in total. The van der Waals surface area contributed by atoms with E-state index in [9.17, 15) is 0 Å². The summed E-state index contributed by atoms with van der Waals surface area (Å²) in [6, 6.07) is 3.60. The Kier molecular flexibility index (Phi) is 4.37. The summed E-state index contributed by atoms with van der Waals surface area (Å²) >= 11 is 0. The fourth-order valence-corrected chi connectivity index (χ4v) is 2.03. The average Bonchev–Trinajstić information content (AvgIpc) is 3.02. The first-order chi connectivity index (χ1) is 10.2. The Bertz CT molecular complexity index is 636. The second-order valence-corrected chi connectivity index (χ2v) is 4.33. The number of hydrogen-bond acceptors (Lipinski definition) is 6. The molecule has 0 fully saturated rings. The monoisotopic (exact) mass is 290 g/mol. The lowest BCUT2D eigenvalue weighted by Crippen LogP contribution is -1.96. The van der Waals surface area contributed by atoms with Gasteiger partial charge in [0.1, 0.15) is 0 Å².